The first-order chi connectivity index (χ1) is 9.17. The van der Waals surface area contributed by atoms with Crippen LogP contribution in [0.5, 0.6) is 0 Å². The van der Waals surface area contributed by atoms with Crippen LogP contribution in [0.2, 0.25) is 0 Å². The average molecular weight is 260 g/mol. The second-order valence-electron chi connectivity index (χ2n) is 6.01. The van der Waals surface area contributed by atoms with Gasteiger partial charge in [0.05, 0.1) is 0 Å². The molecule has 1 saturated heterocycles. The lowest BCUT2D eigenvalue weighted by molar-refractivity contribution is 0.206. The Hall–Kier alpha value is -0.860. The molecule has 1 aliphatic rings. The molecule has 0 aliphatic carbocycles. The highest BCUT2D eigenvalue weighted by molar-refractivity contribution is 5.21. The van der Waals surface area contributed by atoms with Crippen molar-refractivity contribution in [3.8, 4) is 0 Å². The highest BCUT2D eigenvalue weighted by Crippen LogP contribution is 2.13. The Morgan fingerprint density at radius 3 is 2.53 bits per heavy atom. The zero-order chi connectivity index (χ0) is 13.7. The van der Waals surface area contributed by atoms with Crippen molar-refractivity contribution in [1.82, 2.24) is 10.2 Å². The number of nitrogens with zero attached hydrogens (tertiary/aromatic N) is 1. The fraction of sp³-hybridized carbons (Fsp3) is 0.647. The molecule has 2 atom stereocenters. The van der Waals surface area contributed by atoms with Crippen LogP contribution in [0, 0.1) is 6.92 Å². The van der Waals surface area contributed by atoms with Gasteiger partial charge in [-0.3, -0.25) is 4.90 Å². The molecular weight excluding hydrogens is 232 g/mol. The summed E-state index contributed by atoms with van der Waals surface area (Å²) < 4.78 is 0. The van der Waals surface area contributed by atoms with Gasteiger partial charge in [-0.15, -0.1) is 0 Å². The summed E-state index contributed by atoms with van der Waals surface area (Å²) in [5.41, 5.74) is 2.79. The maximum atomic E-state index is 3.73. The molecule has 0 aromatic heterocycles. The Balaban J connectivity index is 1.93. The number of aryl methyl sites for hydroxylation is 1. The minimum atomic E-state index is 0.644. The Morgan fingerprint density at radius 2 is 1.84 bits per heavy atom. The third-order valence-electron chi connectivity index (χ3n) is 4.21. The van der Waals surface area contributed by atoms with Crippen LogP contribution in [-0.4, -0.2) is 30.1 Å². The van der Waals surface area contributed by atoms with Crippen LogP contribution >= 0.6 is 0 Å². The van der Waals surface area contributed by atoms with E-state index in [9.17, 15) is 0 Å². The second kappa shape index (κ2) is 7.06. The van der Waals surface area contributed by atoms with E-state index in [0.717, 1.165) is 6.54 Å². The van der Waals surface area contributed by atoms with Crippen molar-refractivity contribution < 1.29 is 0 Å². The normalized spacial score (nSPS) is 25.8. The van der Waals surface area contributed by atoms with Crippen LogP contribution in [0.25, 0.3) is 0 Å². The number of hydrogen-bond donors (Lipinski definition) is 1. The summed E-state index contributed by atoms with van der Waals surface area (Å²) in [6, 6.07) is 10.3. The quantitative estimate of drug-likeness (QED) is 0.896. The molecule has 1 aromatic rings. The number of nitrogens with one attached hydrogen (secondary N) is 1. The van der Waals surface area contributed by atoms with E-state index in [-0.39, 0.29) is 0 Å². The summed E-state index contributed by atoms with van der Waals surface area (Å²) in [6.45, 7) is 10.3. The van der Waals surface area contributed by atoms with E-state index in [1.165, 1.54) is 43.5 Å². The van der Waals surface area contributed by atoms with Crippen molar-refractivity contribution in [2.24, 2.45) is 0 Å². The smallest absolute Gasteiger partial charge is 0.0233 e. The highest BCUT2D eigenvalue weighted by Gasteiger charge is 2.17. The summed E-state index contributed by atoms with van der Waals surface area (Å²) in [5, 5.41) is 3.73. The molecule has 1 N–H and O–H groups in total. The molecule has 2 rings (SSSR count). The van der Waals surface area contributed by atoms with E-state index >= 15 is 0 Å². The minimum absolute atomic E-state index is 0.644. The van der Waals surface area contributed by atoms with Crippen LogP contribution in [0.1, 0.15) is 44.2 Å². The van der Waals surface area contributed by atoms with Gasteiger partial charge in [-0.25, -0.2) is 0 Å². The minimum Gasteiger partial charge on any atom is -0.311 e. The van der Waals surface area contributed by atoms with E-state index in [4.69, 9.17) is 0 Å². The van der Waals surface area contributed by atoms with Crippen molar-refractivity contribution in [3.05, 3.63) is 35.4 Å². The standard InChI is InChI=1S/C17H28N2/c1-4-17-10-12-19(11-9-15(3)18-17)13-16-7-5-14(2)6-8-16/h5-8,15,17-18H,4,9-13H2,1-3H3. The molecule has 19 heavy (non-hydrogen) atoms. The zero-order valence-corrected chi connectivity index (χ0v) is 12.7. The first-order valence-corrected chi connectivity index (χ1v) is 7.71. The molecule has 1 aliphatic heterocycles. The van der Waals surface area contributed by atoms with Gasteiger partial charge in [0.25, 0.3) is 0 Å². The molecule has 1 aromatic carbocycles. The molecular formula is C17H28N2. The maximum Gasteiger partial charge on any atom is 0.0233 e. The van der Waals surface area contributed by atoms with Gasteiger partial charge < -0.3 is 5.32 Å². The van der Waals surface area contributed by atoms with E-state index in [1.54, 1.807) is 0 Å². The molecule has 0 bridgehead atoms. The number of benzene rings is 1. The fourth-order valence-corrected chi connectivity index (χ4v) is 2.83. The Kier molecular flexibility index (Phi) is 5.41. The van der Waals surface area contributed by atoms with E-state index in [0.29, 0.717) is 12.1 Å². The third kappa shape index (κ3) is 4.63. The highest BCUT2D eigenvalue weighted by atomic mass is 15.1. The molecule has 0 spiro atoms. The Bertz CT molecular complexity index is 371. The zero-order valence-electron chi connectivity index (χ0n) is 12.7. The summed E-state index contributed by atoms with van der Waals surface area (Å²) in [6.07, 6.45) is 3.76. The largest absolute Gasteiger partial charge is 0.311 e. The number of rotatable bonds is 3. The Morgan fingerprint density at radius 1 is 1.16 bits per heavy atom. The predicted octanol–water partition coefficient (Wildman–Crippen LogP) is 3.35. The molecule has 0 radical (unpaired) electrons. The van der Waals surface area contributed by atoms with Gasteiger partial charge in [-0.05, 0) is 51.8 Å². The van der Waals surface area contributed by atoms with Crippen LogP contribution in [0.4, 0.5) is 0 Å². The topological polar surface area (TPSA) is 15.3 Å². The lowest BCUT2D eigenvalue weighted by Gasteiger charge is -2.32. The van der Waals surface area contributed by atoms with Crippen LogP contribution in [-0.2, 0) is 6.54 Å². The predicted molar refractivity (Wildman–Crippen MR) is 82.4 cm³/mol. The third-order valence-corrected chi connectivity index (χ3v) is 4.21. The van der Waals surface area contributed by atoms with Gasteiger partial charge in [-0.1, -0.05) is 36.8 Å². The summed E-state index contributed by atoms with van der Waals surface area (Å²) >= 11 is 0. The van der Waals surface area contributed by atoms with Crippen molar-refractivity contribution in [1.29, 1.82) is 0 Å². The van der Waals surface area contributed by atoms with Crippen LogP contribution in [0.15, 0.2) is 24.3 Å². The second-order valence-corrected chi connectivity index (χ2v) is 6.01. The van der Waals surface area contributed by atoms with Crippen molar-refractivity contribution >= 4 is 0 Å². The van der Waals surface area contributed by atoms with E-state index in [2.05, 4.69) is 55.3 Å². The molecule has 2 nitrogen and oxygen atoms in total. The number of hydrogen-bond acceptors (Lipinski definition) is 2. The van der Waals surface area contributed by atoms with E-state index in [1.807, 2.05) is 0 Å². The lowest BCUT2D eigenvalue weighted by atomic mass is 10.0. The monoisotopic (exact) mass is 260 g/mol. The van der Waals surface area contributed by atoms with Crippen LogP contribution < -0.4 is 5.32 Å². The Labute approximate surface area is 118 Å². The van der Waals surface area contributed by atoms with Crippen molar-refractivity contribution in [2.75, 3.05) is 13.1 Å². The maximum absolute atomic E-state index is 3.73. The molecule has 0 saturated carbocycles. The van der Waals surface area contributed by atoms with Gasteiger partial charge in [0.15, 0.2) is 0 Å². The van der Waals surface area contributed by atoms with Crippen LogP contribution in [0.3, 0.4) is 0 Å². The van der Waals surface area contributed by atoms with Gasteiger partial charge in [0, 0.05) is 18.6 Å². The first kappa shape index (κ1) is 14.5. The van der Waals surface area contributed by atoms with Gasteiger partial charge in [0.1, 0.15) is 0 Å². The SMILES string of the molecule is CCC1CCN(Cc2ccc(C)cc2)CCC(C)N1. The summed E-state index contributed by atoms with van der Waals surface area (Å²) in [7, 11) is 0. The summed E-state index contributed by atoms with van der Waals surface area (Å²) in [4.78, 5) is 2.62. The molecule has 2 heteroatoms. The van der Waals surface area contributed by atoms with Gasteiger partial charge >= 0.3 is 0 Å². The van der Waals surface area contributed by atoms with Gasteiger partial charge in [0.2, 0.25) is 0 Å². The molecule has 2 unspecified atom stereocenters. The summed E-state index contributed by atoms with van der Waals surface area (Å²) in [5.74, 6) is 0. The molecule has 106 valence electrons. The molecule has 0 amide bonds. The molecule has 1 heterocycles. The lowest BCUT2D eigenvalue weighted by Crippen LogP contribution is -2.43. The fourth-order valence-electron chi connectivity index (χ4n) is 2.83. The van der Waals surface area contributed by atoms with Crippen molar-refractivity contribution in [3.63, 3.8) is 0 Å². The van der Waals surface area contributed by atoms with E-state index < -0.39 is 0 Å². The molecule has 1 fully saturated rings. The average Bonchev–Trinajstić information content (AvgIpc) is 2.40. The first-order valence-electron chi connectivity index (χ1n) is 7.71. The van der Waals surface area contributed by atoms with Crippen molar-refractivity contribution in [2.45, 2.75) is 58.7 Å². The van der Waals surface area contributed by atoms with Gasteiger partial charge in [-0.2, -0.15) is 0 Å².